The normalized spacial score (nSPS) is 53.3. The standard InChI is InChI=1S/C48H84N4/c1-45(2,3)25-17-29-30-18-26(46(4,5)6)22-34-39-15-16-40(50-39)36-24-28(48(10,11)12)20-32-31-19-27(47(7,8)9)23-35(43(31)52-44(32)36)38-14-13-37(49-38)33(21-25)41(29)51-42(30)34/h25-44,49-52H,13-24H2,1-12H3. The van der Waals surface area contributed by atoms with Crippen molar-refractivity contribution in [2.24, 2.45) is 92.7 Å². The molecule has 4 saturated carbocycles. The molecule has 0 amide bonds. The second-order valence-corrected chi connectivity index (χ2v) is 25.8. The second-order valence-electron chi connectivity index (χ2n) is 25.8. The molecule has 5 heterocycles. The fourth-order valence-corrected chi connectivity index (χ4v) is 16.1. The predicted octanol–water partition coefficient (Wildman–Crippen LogP) is 9.68. The molecule has 0 aromatic heterocycles. The van der Waals surface area contributed by atoms with Crippen molar-refractivity contribution < 1.29 is 0 Å². The van der Waals surface area contributed by atoms with E-state index >= 15 is 0 Å². The van der Waals surface area contributed by atoms with Crippen LogP contribution < -0.4 is 21.3 Å². The molecule has 52 heavy (non-hydrogen) atoms. The smallest absolute Gasteiger partial charge is 0.0145 e. The summed E-state index contributed by atoms with van der Waals surface area (Å²) in [5.41, 5.74) is 1.55. The van der Waals surface area contributed by atoms with E-state index in [4.69, 9.17) is 0 Å². The Morgan fingerprint density at radius 1 is 0.269 bits per heavy atom. The van der Waals surface area contributed by atoms with Gasteiger partial charge in [0, 0.05) is 48.3 Å². The van der Waals surface area contributed by atoms with Gasteiger partial charge in [-0.2, -0.15) is 0 Å². The molecule has 9 aliphatic rings. The van der Waals surface area contributed by atoms with E-state index in [1.54, 1.807) is 0 Å². The van der Waals surface area contributed by atoms with E-state index in [-0.39, 0.29) is 0 Å². The molecule has 296 valence electrons. The van der Waals surface area contributed by atoms with Gasteiger partial charge in [-0.05, 0) is 170 Å². The van der Waals surface area contributed by atoms with Crippen molar-refractivity contribution in [1.29, 1.82) is 0 Å². The van der Waals surface area contributed by atoms with Gasteiger partial charge in [0.25, 0.3) is 0 Å². The highest BCUT2D eigenvalue weighted by molar-refractivity contribution is 5.17. The lowest BCUT2D eigenvalue weighted by Crippen LogP contribution is -2.57. The van der Waals surface area contributed by atoms with Gasteiger partial charge in [0.05, 0.1) is 0 Å². The molecule has 4 heteroatoms. The Hall–Kier alpha value is -0.160. The zero-order valence-corrected chi connectivity index (χ0v) is 36.0. The van der Waals surface area contributed by atoms with Crippen LogP contribution in [0.4, 0.5) is 0 Å². The SMILES string of the molecule is CC(C)(C)C1CC2C3CCC(N3)C3CC(C(C)(C)C)CC4C5CC(C(C)(C)C)CC(C6CCC(N6)C6CC(C(C)(C)C)CC7C(C1)C2NC67)C5NC34. The van der Waals surface area contributed by atoms with Gasteiger partial charge in [-0.1, -0.05) is 83.1 Å². The largest absolute Gasteiger partial charge is 0.311 e. The summed E-state index contributed by atoms with van der Waals surface area (Å²) in [6.07, 6.45) is 17.2. The zero-order valence-electron chi connectivity index (χ0n) is 36.0. The summed E-state index contributed by atoms with van der Waals surface area (Å²) in [7, 11) is 0. The summed E-state index contributed by atoms with van der Waals surface area (Å²) in [6.45, 7) is 31.0. The van der Waals surface area contributed by atoms with E-state index in [1.807, 2.05) is 0 Å². The number of fused-ring (bicyclic) bond motifs is 10. The lowest BCUT2D eigenvalue weighted by Gasteiger charge is -2.50. The van der Waals surface area contributed by atoms with Crippen molar-refractivity contribution in [2.45, 2.75) is 208 Å². The Labute approximate surface area is 321 Å². The highest BCUT2D eigenvalue weighted by atomic mass is 15.1. The molecular formula is C48H84N4. The molecule has 0 aromatic rings. The van der Waals surface area contributed by atoms with Crippen molar-refractivity contribution in [1.82, 2.24) is 21.3 Å². The fraction of sp³-hybridized carbons (Fsp3) is 1.00. The minimum absolute atomic E-state index is 0.387. The Bertz CT molecular complexity index is 1120. The molecule has 4 nitrogen and oxygen atoms in total. The average Bonchev–Trinajstić information content (AvgIpc) is 3.85. The minimum Gasteiger partial charge on any atom is -0.311 e. The highest BCUT2D eigenvalue weighted by Gasteiger charge is 2.62. The Balaban J connectivity index is 1.14. The first-order valence-corrected chi connectivity index (χ1v) is 23.3. The van der Waals surface area contributed by atoms with Crippen LogP contribution in [0.2, 0.25) is 0 Å². The van der Waals surface area contributed by atoms with Gasteiger partial charge < -0.3 is 21.3 Å². The first-order chi connectivity index (χ1) is 24.3. The van der Waals surface area contributed by atoms with Crippen molar-refractivity contribution in [3.63, 3.8) is 0 Å². The van der Waals surface area contributed by atoms with E-state index in [1.165, 1.54) is 77.0 Å². The molecule has 4 aliphatic carbocycles. The van der Waals surface area contributed by atoms with Gasteiger partial charge in [0.1, 0.15) is 0 Å². The Morgan fingerprint density at radius 3 is 0.654 bits per heavy atom. The van der Waals surface area contributed by atoms with Gasteiger partial charge in [0.2, 0.25) is 0 Å². The average molecular weight is 717 g/mol. The van der Waals surface area contributed by atoms with Crippen LogP contribution in [-0.4, -0.2) is 48.3 Å². The maximum absolute atomic E-state index is 4.66. The van der Waals surface area contributed by atoms with Gasteiger partial charge in [0.15, 0.2) is 0 Å². The third kappa shape index (κ3) is 6.26. The molecule has 20 unspecified atom stereocenters. The van der Waals surface area contributed by atoms with E-state index < -0.39 is 0 Å². The molecule has 9 fully saturated rings. The van der Waals surface area contributed by atoms with Crippen molar-refractivity contribution in [3.8, 4) is 0 Å². The van der Waals surface area contributed by atoms with Gasteiger partial charge in [-0.25, -0.2) is 0 Å². The molecule has 0 spiro atoms. The second kappa shape index (κ2) is 12.7. The lowest BCUT2D eigenvalue weighted by molar-refractivity contribution is 0.0207. The van der Waals surface area contributed by atoms with E-state index in [0.29, 0.717) is 70.0 Å². The van der Waals surface area contributed by atoms with E-state index in [9.17, 15) is 0 Å². The van der Waals surface area contributed by atoms with Gasteiger partial charge in [-0.15, -0.1) is 0 Å². The number of hydrogen-bond acceptors (Lipinski definition) is 4. The Kier molecular flexibility index (Phi) is 9.12. The predicted molar refractivity (Wildman–Crippen MR) is 218 cm³/mol. The molecule has 5 saturated heterocycles. The molecule has 4 N–H and O–H groups in total. The quantitative estimate of drug-likeness (QED) is 0.202. The summed E-state index contributed by atoms with van der Waals surface area (Å²) < 4.78 is 0. The lowest BCUT2D eigenvalue weighted by atomic mass is 9.56. The van der Waals surface area contributed by atoms with Crippen LogP contribution in [-0.2, 0) is 0 Å². The van der Waals surface area contributed by atoms with E-state index in [0.717, 1.165) is 71.0 Å². The molecule has 0 aromatic carbocycles. The number of nitrogens with one attached hydrogen (secondary N) is 4. The summed E-state index contributed by atoms with van der Waals surface area (Å²) >= 11 is 0. The molecule has 5 aliphatic heterocycles. The third-order valence-corrected chi connectivity index (χ3v) is 19.4. The highest BCUT2D eigenvalue weighted by Crippen LogP contribution is 2.60. The maximum Gasteiger partial charge on any atom is 0.0145 e. The fourth-order valence-electron chi connectivity index (χ4n) is 16.1. The van der Waals surface area contributed by atoms with Crippen molar-refractivity contribution in [3.05, 3.63) is 0 Å². The van der Waals surface area contributed by atoms with Crippen LogP contribution in [0.15, 0.2) is 0 Å². The first-order valence-electron chi connectivity index (χ1n) is 23.3. The van der Waals surface area contributed by atoms with Crippen LogP contribution in [0.25, 0.3) is 0 Å². The minimum atomic E-state index is 0.387. The van der Waals surface area contributed by atoms with Crippen LogP contribution in [0, 0.1) is 92.7 Å². The molecule has 9 rings (SSSR count). The molecule has 0 radical (unpaired) electrons. The summed E-state index contributed by atoms with van der Waals surface area (Å²) in [5, 5.41) is 18.6. The van der Waals surface area contributed by atoms with E-state index in [2.05, 4.69) is 104 Å². The summed E-state index contributed by atoms with van der Waals surface area (Å²) in [5.74, 6) is 9.84. The number of rotatable bonds is 0. The van der Waals surface area contributed by atoms with Gasteiger partial charge >= 0.3 is 0 Å². The van der Waals surface area contributed by atoms with Crippen molar-refractivity contribution in [2.75, 3.05) is 0 Å². The third-order valence-electron chi connectivity index (χ3n) is 19.4. The topological polar surface area (TPSA) is 48.1 Å². The van der Waals surface area contributed by atoms with Crippen LogP contribution in [0.5, 0.6) is 0 Å². The van der Waals surface area contributed by atoms with Gasteiger partial charge in [-0.3, -0.25) is 0 Å². The summed E-state index contributed by atoms with van der Waals surface area (Å²) in [6, 6.07) is 5.57. The van der Waals surface area contributed by atoms with Crippen LogP contribution in [0.1, 0.15) is 160 Å². The van der Waals surface area contributed by atoms with Crippen molar-refractivity contribution >= 4 is 0 Å². The zero-order chi connectivity index (χ0) is 36.9. The van der Waals surface area contributed by atoms with Crippen LogP contribution in [0.3, 0.4) is 0 Å². The maximum atomic E-state index is 4.66. The monoisotopic (exact) mass is 717 g/mol. The van der Waals surface area contributed by atoms with Crippen LogP contribution >= 0.6 is 0 Å². The first kappa shape index (κ1) is 37.4. The number of hydrogen-bond donors (Lipinski definition) is 4. The summed E-state index contributed by atoms with van der Waals surface area (Å²) in [4.78, 5) is 0. The Morgan fingerprint density at radius 2 is 0.462 bits per heavy atom. The molecule has 20 atom stereocenters. The molecular weight excluding hydrogens is 633 g/mol. The molecule has 8 bridgehead atoms.